The Morgan fingerprint density at radius 3 is 2.51 bits per heavy atom. The summed E-state index contributed by atoms with van der Waals surface area (Å²) in [5.74, 6) is 0.980. The van der Waals surface area contributed by atoms with Crippen molar-refractivity contribution >= 4 is 29.5 Å². The molecule has 8 nitrogen and oxygen atoms in total. The largest absolute Gasteiger partial charge is 0.507 e. The van der Waals surface area contributed by atoms with E-state index < -0.39 is 40.7 Å². The fraction of sp³-hybridized carbons (Fsp3) is 0.393. The van der Waals surface area contributed by atoms with Crippen LogP contribution in [-0.2, 0) is 16.0 Å². The number of phenolic OH excluding ortho intramolecular Hbond substituents is 1. The minimum atomic E-state index is -1.62. The van der Waals surface area contributed by atoms with Crippen molar-refractivity contribution in [3.05, 3.63) is 64.7 Å². The van der Waals surface area contributed by atoms with Crippen LogP contribution in [0.3, 0.4) is 0 Å². The van der Waals surface area contributed by atoms with Crippen LogP contribution in [-0.4, -0.2) is 68.2 Å². The Kier molecular flexibility index (Phi) is 8.89. The Hall–Kier alpha value is -3.48. The Balaban J connectivity index is 1.89. The van der Waals surface area contributed by atoms with Crippen LogP contribution < -0.4 is 10.6 Å². The van der Waals surface area contributed by atoms with Gasteiger partial charge in [-0.3, -0.25) is 14.4 Å². The molecule has 0 spiro atoms. The summed E-state index contributed by atoms with van der Waals surface area (Å²) < 4.78 is -0.608. The number of aryl methyl sites for hydroxylation is 1. The van der Waals surface area contributed by atoms with Crippen LogP contribution in [0.5, 0.6) is 5.75 Å². The molecule has 0 aromatic heterocycles. The van der Waals surface area contributed by atoms with Crippen molar-refractivity contribution in [2.75, 3.05) is 12.4 Å². The molecule has 1 fully saturated rings. The molecule has 1 aliphatic heterocycles. The second-order valence-electron chi connectivity index (χ2n) is 9.63. The van der Waals surface area contributed by atoms with E-state index in [0.717, 1.165) is 5.56 Å². The van der Waals surface area contributed by atoms with Gasteiger partial charge in [-0.15, -0.1) is 18.2 Å². The summed E-state index contributed by atoms with van der Waals surface area (Å²) in [5, 5.41) is 27.0. The van der Waals surface area contributed by atoms with Crippen molar-refractivity contribution in [3.8, 4) is 18.1 Å². The predicted octanol–water partition coefficient (Wildman–Crippen LogP) is 2.14. The smallest absolute Gasteiger partial charge is 0.254 e. The number of rotatable bonds is 8. The summed E-state index contributed by atoms with van der Waals surface area (Å²) in [6.45, 7) is 7.10. The number of carbonyl (C=O) groups excluding carboxylic acids is 3. The normalized spacial score (nSPS) is 17.9. The number of hydrogen-bond acceptors (Lipinski definition) is 6. The molecule has 1 aliphatic rings. The fourth-order valence-electron chi connectivity index (χ4n) is 4.43. The number of phenols is 1. The third-order valence-corrected chi connectivity index (χ3v) is 7.94. The van der Waals surface area contributed by atoms with Gasteiger partial charge in [0.2, 0.25) is 5.91 Å². The van der Waals surface area contributed by atoms with Crippen LogP contribution in [0.25, 0.3) is 0 Å². The number of carbonyl (C=O) groups is 3. The topological polar surface area (TPSA) is 119 Å². The molecule has 196 valence electrons. The first-order chi connectivity index (χ1) is 17.5. The Morgan fingerprint density at radius 2 is 1.86 bits per heavy atom. The summed E-state index contributed by atoms with van der Waals surface area (Å²) in [5.41, 5.74) is 2.08. The summed E-state index contributed by atoms with van der Waals surface area (Å²) >= 11 is 1.42. The summed E-state index contributed by atoms with van der Waals surface area (Å²) in [6.07, 6.45) is 3.83. The van der Waals surface area contributed by atoms with Gasteiger partial charge >= 0.3 is 0 Å². The van der Waals surface area contributed by atoms with Crippen molar-refractivity contribution in [2.45, 2.75) is 57.1 Å². The predicted molar refractivity (Wildman–Crippen MR) is 144 cm³/mol. The van der Waals surface area contributed by atoms with E-state index >= 15 is 0 Å². The first-order valence-electron chi connectivity index (χ1n) is 12.0. The molecule has 1 heterocycles. The number of benzene rings is 2. The number of nitrogens with one attached hydrogen (secondary N) is 2. The molecule has 0 bridgehead atoms. The molecular weight excluding hydrogens is 490 g/mol. The number of aromatic hydroxyl groups is 1. The van der Waals surface area contributed by atoms with Crippen molar-refractivity contribution in [3.63, 3.8) is 0 Å². The first-order valence-corrected chi connectivity index (χ1v) is 12.9. The molecule has 37 heavy (non-hydrogen) atoms. The van der Waals surface area contributed by atoms with Crippen molar-refractivity contribution < 1.29 is 24.6 Å². The molecule has 9 heteroatoms. The van der Waals surface area contributed by atoms with Crippen molar-refractivity contribution in [1.29, 1.82) is 0 Å². The highest BCUT2D eigenvalue weighted by Crippen LogP contribution is 2.39. The van der Waals surface area contributed by atoms with Crippen LogP contribution in [0.4, 0.5) is 0 Å². The standard InChI is InChI=1S/C28H33N3O5S/c1-6-14-29-26(35)24-28(4,5)37-16-31(24)27(36)23(33)21(15-19-10-8-7-9-11-19)30-25(34)20-13-12-17(2)22(32)18(20)3/h1,7-13,21,23-24,32-33H,14-16H2,2-5H3,(H,29,35)(H,30,34)/t21-,23-,24?/m0/s1. The Morgan fingerprint density at radius 1 is 1.19 bits per heavy atom. The highest BCUT2D eigenvalue weighted by atomic mass is 32.2. The molecule has 3 rings (SSSR count). The van der Waals surface area contributed by atoms with Crippen molar-refractivity contribution in [1.82, 2.24) is 15.5 Å². The van der Waals surface area contributed by atoms with E-state index in [9.17, 15) is 24.6 Å². The molecule has 4 N–H and O–H groups in total. The van der Waals surface area contributed by atoms with Gasteiger partial charge in [-0.1, -0.05) is 42.3 Å². The van der Waals surface area contributed by atoms with E-state index in [0.29, 0.717) is 11.1 Å². The van der Waals surface area contributed by atoms with E-state index in [2.05, 4.69) is 16.6 Å². The number of terminal acetylenes is 1. The zero-order valence-corrected chi connectivity index (χ0v) is 22.3. The highest BCUT2D eigenvalue weighted by Gasteiger charge is 2.49. The van der Waals surface area contributed by atoms with Crippen molar-refractivity contribution in [2.24, 2.45) is 0 Å². The van der Waals surface area contributed by atoms with E-state index in [1.807, 2.05) is 44.2 Å². The van der Waals surface area contributed by atoms with Gasteiger partial charge in [-0.2, -0.15) is 0 Å². The third kappa shape index (κ3) is 6.27. The average Bonchev–Trinajstić information content (AvgIpc) is 3.19. The molecule has 2 aromatic rings. The van der Waals surface area contributed by atoms with E-state index in [1.54, 1.807) is 26.0 Å². The quantitative estimate of drug-likeness (QED) is 0.394. The lowest BCUT2D eigenvalue weighted by Gasteiger charge is -2.33. The zero-order valence-electron chi connectivity index (χ0n) is 21.4. The van der Waals surface area contributed by atoms with Crippen LogP contribution in [0.2, 0.25) is 0 Å². The number of aliphatic hydroxyl groups excluding tert-OH is 1. The van der Waals surface area contributed by atoms with Gasteiger partial charge in [-0.25, -0.2) is 0 Å². The van der Waals surface area contributed by atoms with E-state index in [-0.39, 0.29) is 30.2 Å². The SMILES string of the molecule is C#CCNC(=O)C1N(C(=O)[C@@H](O)[C@H](Cc2ccccc2)NC(=O)c2ccc(C)c(O)c2C)CSC1(C)C. The molecule has 1 saturated heterocycles. The van der Waals surface area contributed by atoms with Crippen LogP contribution in [0.15, 0.2) is 42.5 Å². The zero-order chi connectivity index (χ0) is 27.3. The molecule has 3 atom stereocenters. The number of aliphatic hydroxyl groups is 1. The molecule has 3 amide bonds. The monoisotopic (exact) mass is 523 g/mol. The van der Waals surface area contributed by atoms with E-state index in [4.69, 9.17) is 6.42 Å². The second-order valence-corrected chi connectivity index (χ2v) is 11.2. The molecular formula is C28H33N3O5S. The minimum Gasteiger partial charge on any atom is -0.507 e. The molecule has 0 aliphatic carbocycles. The lowest BCUT2D eigenvalue weighted by molar-refractivity contribution is -0.147. The Bertz CT molecular complexity index is 1210. The number of hydrogen-bond donors (Lipinski definition) is 4. The van der Waals surface area contributed by atoms with Crippen LogP contribution in [0, 0.1) is 26.2 Å². The maximum Gasteiger partial charge on any atom is 0.254 e. The number of nitrogens with zero attached hydrogens (tertiary/aromatic N) is 1. The highest BCUT2D eigenvalue weighted by molar-refractivity contribution is 8.00. The molecule has 2 aromatic carbocycles. The Labute approximate surface area is 221 Å². The second kappa shape index (κ2) is 11.7. The van der Waals surface area contributed by atoms with Crippen LogP contribution in [0.1, 0.15) is 40.9 Å². The molecule has 1 unspecified atom stereocenters. The lowest BCUT2D eigenvalue weighted by atomic mass is 9.96. The van der Waals surface area contributed by atoms with Gasteiger partial charge in [0.15, 0.2) is 6.10 Å². The van der Waals surface area contributed by atoms with Gasteiger partial charge in [0.05, 0.1) is 18.5 Å². The third-order valence-electron chi connectivity index (χ3n) is 6.57. The van der Waals surface area contributed by atoms with E-state index in [1.165, 1.54) is 16.7 Å². The lowest BCUT2D eigenvalue weighted by Crippen LogP contribution is -2.58. The maximum absolute atomic E-state index is 13.6. The van der Waals surface area contributed by atoms with Gasteiger partial charge in [0.25, 0.3) is 11.8 Å². The average molecular weight is 524 g/mol. The van der Waals surface area contributed by atoms with Gasteiger partial charge in [0, 0.05) is 15.9 Å². The summed E-state index contributed by atoms with van der Waals surface area (Å²) in [6, 6.07) is 10.6. The number of amides is 3. The van der Waals surface area contributed by atoms with Gasteiger partial charge in [0.1, 0.15) is 11.8 Å². The maximum atomic E-state index is 13.6. The van der Waals surface area contributed by atoms with Gasteiger partial charge < -0.3 is 25.7 Å². The minimum absolute atomic E-state index is 0.0148. The summed E-state index contributed by atoms with van der Waals surface area (Å²) in [7, 11) is 0. The first kappa shape index (κ1) is 28.1. The molecule has 0 saturated carbocycles. The van der Waals surface area contributed by atoms with Crippen LogP contribution >= 0.6 is 11.8 Å². The number of thioether (sulfide) groups is 1. The summed E-state index contributed by atoms with van der Waals surface area (Å²) in [4.78, 5) is 41.0. The van der Waals surface area contributed by atoms with Gasteiger partial charge in [-0.05, 0) is 51.3 Å². The fourth-order valence-corrected chi connectivity index (χ4v) is 5.57. The molecule has 0 radical (unpaired) electrons.